The van der Waals surface area contributed by atoms with Gasteiger partial charge >= 0.3 is 0 Å². The summed E-state index contributed by atoms with van der Waals surface area (Å²) in [5.74, 6) is 3.58. The predicted octanol–water partition coefficient (Wildman–Crippen LogP) is 0.508. The van der Waals surface area contributed by atoms with E-state index in [4.69, 9.17) is 0 Å². The standard InChI is InChI=1S/C2H3N2P/c1-3-4-2-5-1/h1-2,5H. The van der Waals surface area contributed by atoms with Crippen molar-refractivity contribution < 1.29 is 0 Å². The third-order valence-electron chi connectivity index (χ3n) is 0.331. The van der Waals surface area contributed by atoms with Gasteiger partial charge in [0, 0.05) is 0 Å². The van der Waals surface area contributed by atoms with Crippen LogP contribution >= 0.6 is 8.19 Å². The molecule has 0 amide bonds. The molecule has 0 spiro atoms. The number of aromatic nitrogens is 2. The second-order valence-electron chi connectivity index (χ2n) is 0.656. The first-order valence-corrected chi connectivity index (χ1v) is 2.45. The molecule has 0 aliphatic heterocycles. The highest BCUT2D eigenvalue weighted by atomic mass is 31.0. The molecule has 2 nitrogen and oxygen atoms in total. The zero-order chi connectivity index (χ0) is 3.54. The maximum Gasteiger partial charge on any atom is 0.0670 e. The lowest BCUT2D eigenvalue weighted by atomic mass is 11.6. The van der Waals surface area contributed by atoms with Crippen LogP contribution in [0.15, 0.2) is 11.9 Å². The molecule has 1 aromatic rings. The van der Waals surface area contributed by atoms with E-state index in [0.717, 1.165) is 8.19 Å². The Morgan fingerprint density at radius 1 is 1.20 bits per heavy atom. The van der Waals surface area contributed by atoms with Gasteiger partial charge in [0.1, 0.15) is 0 Å². The van der Waals surface area contributed by atoms with Crippen LogP contribution in [0.25, 0.3) is 0 Å². The van der Waals surface area contributed by atoms with Crippen molar-refractivity contribution in [1.29, 1.82) is 0 Å². The van der Waals surface area contributed by atoms with Gasteiger partial charge in [0.05, 0.1) is 11.9 Å². The van der Waals surface area contributed by atoms with Crippen molar-refractivity contribution in [3.63, 3.8) is 0 Å². The van der Waals surface area contributed by atoms with E-state index in [1.165, 1.54) is 0 Å². The molecule has 0 bridgehead atoms. The van der Waals surface area contributed by atoms with Gasteiger partial charge in [-0.15, -0.1) is 0 Å². The Morgan fingerprint density at radius 3 is 2.00 bits per heavy atom. The molecule has 0 aliphatic carbocycles. The fourth-order valence-electron chi connectivity index (χ4n) is 0.167. The SMILES string of the molecule is c1nnc[pH]1. The fourth-order valence-corrected chi connectivity index (χ4v) is 0.500. The lowest BCUT2D eigenvalue weighted by Gasteiger charge is -1.42. The minimum absolute atomic E-state index is 0.725. The summed E-state index contributed by atoms with van der Waals surface area (Å²) in [5.41, 5.74) is 0. The van der Waals surface area contributed by atoms with Crippen LogP contribution in [0.2, 0.25) is 0 Å². The highest BCUT2D eigenvalue weighted by molar-refractivity contribution is 7.27. The second-order valence-corrected chi connectivity index (χ2v) is 1.51. The molecule has 0 radical (unpaired) electrons. The van der Waals surface area contributed by atoms with Gasteiger partial charge in [0.2, 0.25) is 0 Å². The Labute approximate surface area is 31.3 Å². The number of nitrogens with zero attached hydrogens (tertiary/aromatic N) is 2. The first kappa shape index (κ1) is 2.86. The zero-order valence-electron chi connectivity index (χ0n) is 2.55. The Hall–Kier alpha value is -0.360. The van der Waals surface area contributed by atoms with Gasteiger partial charge in [-0.2, -0.15) is 10.2 Å². The Balaban J connectivity index is 3.13. The summed E-state index contributed by atoms with van der Waals surface area (Å²) in [6.07, 6.45) is 0. The minimum atomic E-state index is 0.725. The molecule has 1 rings (SSSR count). The molecule has 0 aromatic carbocycles. The van der Waals surface area contributed by atoms with Crippen LogP contribution in [-0.4, -0.2) is 10.2 Å². The van der Waals surface area contributed by atoms with Crippen molar-refractivity contribution >= 4 is 8.19 Å². The summed E-state index contributed by atoms with van der Waals surface area (Å²) >= 11 is 0. The summed E-state index contributed by atoms with van der Waals surface area (Å²) in [6.45, 7) is 0. The van der Waals surface area contributed by atoms with Crippen LogP contribution in [0, 0.1) is 0 Å². The van der Waals surface area contributed by atoms with Crippen LogP contribution in [0.3, 0.4) is 0 Å². The molecule has 0 unspecified atom stereocenters. The van der Waals surface area contributed by atoms with Gasteiger partial charge in [-0.25, -0.2) is 0 Å². The first-order chi connectivity index (χ1) is 2.50. The van der Waals surface area contributed by atoms with E-state index < -0.39 is 0 Å². The highest BCUT2D eigenvalue weighted by Gasteiger charge is 1.59. The van der Waals surface area contributed by atoms with Gasteiger partial charge in [-0.1, -0.05) is 8.19 Å². The maximum absolute atomic E-state index is 3.54. The monoisotopic (exact) mass is 86.0 g/mol. The highest BCUT2D eigenvalue weighted by Crippen LogP contribution is 1.91. The van der Waals surface area contributed by atoms with Crippen molar-refractivity contribution in [2.24, 2.45) is 0 Å². The van der Waals surface area contributed by atoms with Gasteiger partial charge in [-0.3, -0.25) is 0 Å². The third-order valence-corrected chi connectivity index (χ3v) is 0.860. The maximum atomic E-state index is 3.54. The fraction of sp³-hybridized carbons (Fsp3) is 0. The summed E-state index contributed by atoms with van der Waals surface area (Å²) < 4.78 is 0. The summed E-state index contributed by atoms with van der Waals surface area (Å²) in [6, 6.07) is 0. The van der Waals surface area contributed by atoms with Gasteiger partial charge in [0.25, 0.3) is 0 Å². The molecule has 5 heavy (non-hydrogen) atoms. The van der Waals surface area contributed by atoms with E-state index in [2.05, 4.69) is 10.2 Å². The van der Waals surface area contributed by atoms with Crippen molar-refractivity contribution in [3.8, 4) is 0 Å². The third kappa shape index (κ3) is 0.455. The van der Waals surface area contributed by atoms with Crippen LogP contribution in [0.5, 0.6) is 0 Å². The average Bonchev–Trinajstić information content (AvgIpc) is 1.76. The molecule has 3 heteroatoms. The van der Waals surface area contributed by atoms with E-state index in [-0.39, 0.29) is 0 Å². The first-order valence-electron chi connectivity index (χ1n) is 1.29. The molecule has 0 N–H and O–H groups in total. The Bertz CT molecular complexity index is 64.1. The minimum Gasteiger partial charge on any atom is -0.155 e. The van der Waals surface area contributed by atoms with Gasteiger partial charge < -0.3 is 0 Å². The Kier molecular flexibility index (Phi) is 0.673. The van der Waals surface area contributed by atoms with Crippen molar-refractivity contribution in [1.82, 2.24) is 10.2 Å². The molecule has 1 heterocycles. The molecule has 0 atom stereocenters. The normalized spacial score (nSPS) is 8.00. The van der Waals surface area contributed by atoms with Crippen LogP contribution < -0.4 is 0 Å². The van der Waals surface area contributed by atoms with Gasteiger partial charge in [0.15, 0.2) is 0 Å². The molecule has 26 valence electrons. The topological polar surface area (TPSA) is 25.8 Å². The van der Waals surface area contributed by atoms with Crippen LogP contribution in [0.1, 0.15) is 0 Å². The Morgan fingerprint density at radius 2 is 1.80 bits per heavy atom. The number of hydrogen-bond donors (Lipinski definition) is 0. The molecule has 0 saturated heterocycles. The molecule has 1 aromatic heterocycles. The number of hydrogen-bond acceptors (Lipinski definition) is 2. The molecule has 0 aliphatic rings. The number of rotatable bonds is 0. The molecular weight excluding hydrogens is 83.0 g/mol. The smallest absolute Gasteiger partial charge is 0.0670 e. The molecule has 0 fully saturated rings. The molecule has 0 saturated carbocycles. The predicted molar refractivity (Wildman–Crippen MR) is 21.5 cm³/mol. The average molecular weight is 86.0 g/mol. The van der Waals surface area contributed by atoms with Crippen molar-refractivity contribution in [2.45, 2.75) is 0 Å². The van der Waals surface area contributed by atoms with E-state index in [1.807, 2.05) is 0 Å². The molecular formula is C2H3N2P. The van der Waals surface area contributed by atoms with Gasteiger partial charge in [-0.05, 0) is 0 Å². The van der Waals surface area contributed by atoms with Crippen molar-refractivity contribution in [2.75, 3.05) is 0 Å². The summed E-state index contributed by atoms with van der Waals surface area (Å²) in [4.78, 5) is 0. The van der Waals surface area contributed by atoms with E-state index in [1.54, 1.807) is 11.9 Å². The van der Waals surface area contributed by atoms with Crippen molar-refractivity contribution in [3.05, 3.63) is 11.9 Å². The lowest BCUT2D eigenvalue weighted by Crippen LogP contribution is -1.53. The van der Waals surface area contributed by atoms with E-state index in [9.17, 15) is 0 Å². The lowest BCUT2D eigenvalue weighted by molar-refractivity contribution is 1.09. The quantitative estimate of drug-likeness (QED) is 0.459. The summed E-state index contributed by atoms with van der Waals surface area (Å²) in [5, 5.41) is 7.08. The largest absolute Gasteiger partial charge is 0.155 e. The van der Waals surface area contributed by atoms with E-state index >= 15 is 0 Å². The van der Waals surface area contributed by atoms with E-state index in [0.29, 0.717) is 0 Å². The van der Waals surface area contributed by atoms with Crippen LogP contribution in [-0.2, 0) is 0 Å². The zero-order valence-corrected chi connectivity index (χ0v) is 3.55. The summed E-state index contributed by atoms with van der Waals surface area (Å²) in [7, 11) is 0.725. The van der Waals surface area contributed by atoms with Crippen LogP contribution in [0.4, 0.5) is 0 Å². The second kappa shape index (κ2) is 1.18.